The third-order valence-electron chi connectivity index (χ3n) is 4.31. The van der Waals surface area contributed by atoms with Crippen molar-refractivity contribution in [2.45, 2.75) is 97.5 Å². The predicted octanol–water partition coefficient (Wildman–Crippen LogP) is 5.00. The standard InChI is InChI=1S/C17H35NO.CH4/c1-2-3-4-5-6-7-8-9-10-11-14-18-15-12-13-17(19)16-18;/h17,19H,2-16H2,1H3;1H4. The first kappa shape index (κ1) is 19.9. The average molecular weight is 286 g/mol. The number of hydrogen-bond donors (Lipinski definition) is 1. The molecule has 0 aromatic carbocycles. The largest absolute Gasteiger partial charge is 0.392 e. The summed E-state index contributed by atoms with van der Waals surface area (Å²) >= 11 is 0. The zero-order chi connectivity index (χ0) is 13.8. The van der Waals surface area contributed by atoms with Crippen molar-refractivity contribution < 1.29 is 5.11 Å². The van der Waals surface area contributed by atoms with Gasteiger partial charge in [0.2, 0.25) is 0 Å². The lowest BCUT2D eigenvalue weighted by molar-refractivity contribution is 0.0698. The number of β-amino-alcohol motifs (C(OH)–C–C–N with tert-alkyl or cyclic N) is 1. The van der Waals surface area contributed by atoms with Gasteiger partial charge in [-0.3, -0.25) is 0 Å². The van der Waals surface area contributed by atoms with Crippen LogP contribution in [0.1, 0.15) is 91.4 Å². The number of piperidine rings is 1. The fraction of sp³-hybridized carbons (Fsp3) is 1.00. The maximum absolute atomic E-state index is 9.60. The molecule has 2 nitrogen and oxygen atoms in total. The van der Waals surface area contributed by atoms with Crippen LogP contribution in [-0.4, -0.2) is 35.7 Å². The van der Waals surface area contributed by atoms with E-state index in [1.165, 1.54) is 83.7 Å². The van der Waals surface area contributed by atoms with E-state index in [4.69, 9.17) is 0 Å². The minimum absolute atomic E-state index is 0. The van der Waals surface area contributed by atoms with E-state index in [-0.39, 0.29) is 13.5 Å². The minimum Gasteiger partial charge on any atom is -0.392 e. The molecule has 0 aromatic rings. The van der Waals surface area contributed by atoms with Crippen molar-refractivity contribution >= 4 is 0 Å². The Morgan fingerprint density at radius 3 is 2.00 bits per heavy atom. The average Bonchev–Trinajstić information content (AvgIpc) is 2.41. The molecule has 20 heavy (non-hydrogen) atoms. The summed E-state index contributed by atoms with van der Waals surface area (Å²) in [7, 11) is 0. The molecule has 1 unspecified atom stereocenters. The maximum atomic E-state index is 9.60. The Kier molecular flexibility index (Phi) is 13.8. The number of aliphatic hydroxyl groups excluding tert-OH is 1. The van der Waals surface area contributed by atoms with Crippen LogP contribution >= 0.6 is 0 Å². The second-order valence-corrected chi connectivity index (χ2v) is 6.28. The molecule has 2 heteroatoms. The Hall–Kier alpha value is -0.0800. The molecule has 1 heterocycles. The van der Waals surface area contributed by atoms with E-state index in [9.17, 15) is 5.11 Å². The number of likely N-dealkylation sites (tertiary alicyclic amines) is 1. The van der Waals surface area contributed by atoms with Crippen LogP contribution in [0.15, 0.2) is 0 Å². The molecule has 122 valence electrons. The number of rotatable bonds is 11. The Morgan fingerprint density at radius 2 is 1.45 bits per heavy atom. The van der Waals surface area contributed by atoms with Crippen molar-refractivity contribution in [3.8, 4) is 0 Å². The molecular weight excluding hydrogens is 246 g/mol. The summed E-state index contributed by atoms with van der Waals surface area (Å²) in [4.78, 5) is 2.44. The van der Waals surface area contributed by atoms with Gasteiger partial charge >= 0.3 is 0 Å². The zero-order valence-electron chi connectivity index (χ0n) is 13.1. The van der Waals surface area contributed by atoms with Crippen LogP contribution in [0.4, 0.5) is 0 Å². The second kappa shape index (κ2) is 13.9. The highest BCUT2D eigenvalue weighted by Gasteiger charge is 2.16. The number of hydrogen-bond acceptors (Lipinski definition) is 2. The monoisotopic (exact) mass is 285 g/mol. The maximum Gasteiger partial charge on any atom is 0.0667 e. The van der Waals surface area contributed by atoms with E-state index in [0.29, 0.717) is 0 Å². The smallest absolute Gasteiger partial charge is 0.0667 e. The summed E-state index contributed by atoms with van der Waals surface area (Å²) in [6, 6.07) is 0. The lowest BCUT2D eigenvalue weighted by atomic mass is 10.1. The highest BCUT2D eigenvalue weighted by Crippen LogP contribution is 2.13. The third kappa shape index (κ3) is 10.7. The Morgan fingerprint density at radius 1 is 0.900 bits per heavy atom. The summed E-state index contributed by atoms with van der Waals surface area (Å²) in [5.41, 5.74) is 0. The van der Waals surface area contributed by atoms with Crippen LogP contribution < -0.4 is 0 Å². The molecule has 0 spiro atoms. The quantitative estimate of drug-likeness (QED) is 0.540. The van der Waals surface area contributed by atoms with Crippen molar-refractivity contribution in [2.75, 3.05) is 19.6 Å². The molecule has 0 radical (unpaired) electrons. The first-order chi connectivity index (χ1) is 9.33. The van der Waals surface area contributed by atoms with Gasteiger partial charge in [0.05, 0.1) is 6.10 Å². The van der Waals surface area contributed by atoms with Crippen LogP contribution in [0.3, 0.4) is 0 Å². The normalized spacial score (nSPS) is 19.8. The lowest BCUT2D eigenvalue weighted by Gasteiger charge is -2.29. The molecule has 1 aliphatic rings. The number of aliphatic hydroxyl groups is 1. The van der Waals surface area contributed by atoms with E-state index in [0.717, 1.165) is 13.0 Å². The SMILES string of the molecule is C.CCCCCCCCCCCCN1CCCC(O)C1. The lowest BCUT2D eigenvalue weighted by Crippen LogP contribution is -2.38. The van der Waals surface area contributed by atoms with Gasteiger partial charge < -0.3 is 10.0 Å². The fourth-order valence-electron chi connectivity index (χ4n) is 3.06. The van der Waals surface area contributed by atoms with Gasteiger partial charge in [0, 0.05) is 6.54 Å². The van der Waals surface area contributed by atoms with Crippen molar-refractivity contribution in [1.29, 1.82) is 0 Å². The molecular formula is C18H39NO. The molecule has 0 aromatic heterocycles. The molecule has 0 aliphatic carbocycles. The fourth-order valence-corrected chi connectivity index (χ4v) is 3.06. The van der Waals surface area contributed by atoms with Crippen LogP contribution in [0.5, 0.6) is 0 Å². The van der Waals surface area contributed by atoms with Crippen LogP contribution in [0.2, 0.25) is 0 Å². The van der Waals surface area contributed by atoms with E-state index in [2.05, 4.69) is 11.8 Å². The molecule has 1 rings (SSSR count). The summed E-state index contributed by atoms with van der Waals surface area (Å²) in [6.07, 6.45) is 16.2. The summed E-state index contributed by atoms with van der Waals surface area (Å²) in [5, 5.41) is 9.60. The van der Waals surface area contributed by atoms with Gasteiger partial charge in [-0.1, -0.05) is 72.1 Å². The Bertz CT molecular complexity index is 196. The van der Waals surface area contributed by atoms with Crippen LogP contribution in [0.25, 0.3) is 0 Å². The predicted molar refractivity (Wildman–Crippen MR) is 90.3 cm³/mol. The van der Waals surface area contributed by atoms with Crippen molar-refractivity contribution in [3.63, 3.8) is 0 Å². The summed E-state index contributed by atoms with van der Waals surface area (Å²) < 4.78 is 0. The molecule has 0 bridgehead atoms. The summed E-state index contributed by atoms with van der Waals surface area (Å²) in [6.45, 7) is 5.60. The van der Waals surface area contributed by atoms with Gasteiger partial charge in [0.15, 0.2) is 0 Å². The van der Waals surface area contributed by atoms with Gasteiger partial charge in [-0.25, -0.2) is 0 Å². The van der Waals surface area contributed by atoms with Gasteiger partial charge in [0.1, 0.15) is 0 Å². The minimum atomic E-state index is -0.0585. The van der Waals surface area contributed by atoms with E-state index in [1.807, 2.05) is 0 Å². The molecule has 1 saturated heterocycles. The highest BCUT2D eigenvalue weighted by atomic mass is 16.3. The Balaban J connectivity index is 0.00000361. The number of unbranched alkanes of at least 4 members (excludes halogenated alkanes) is 9. The van der Waals surface area contributed by atoms with Crippen LogP contribution in [0, 0.1) is 0 Å². The second-order valence-electron chi connectivity index (χ2n) is 6.28. The Labute approximate surface area is 127 Å². The summed E-state index contributed by atoms with van der Waals surface area (Å²) in [5.74, 6) is 0. The molecule has 1 atom stereocenters. The van der Waals surface area contributed by atoms with E-state index < -0.39 is 0 Å². The first-order valence-electron chi connectivity index (χ1n) is 8.73. The molecule has 1 aliphatic heterocycles. The van der Waals surface area contributed by atoms with Gasteiger partial charge in [0.25, 0.3) is 0 Å². The molecule has 1 fully saturated rings. The van der Waals surface area contributed by atoms with Crippen LogP contribution in [-0.2, 0) is 0 Å². The topological polar surface area (TPSA) is 23.5 Å². The molecule has 0 amide bonds. The third-order valence-corrected chi connectivity index (χ3v) is 4.31. The van der Waals surface area contributed by atoms with Crippen molar-refractivity contribution in [3.05, 3.63) is 0 Å². The molecule has 0 saturated carbocycles. The first-order valence-corrected chi connectivity index (χ1v) is 8.73. The van der Waals surface area contributed by atoms with E-state index in [1.54, 1.807) is 0 Å². The van der Waals surface area contributed by atoms with Gasteiger partial charge in [-0.15, -0.1) is 0 Å². The van der Waals surface area contributed by atoms with Crippen molar-refractivity contribution in [1.82, 2.24) is 4.90 Å². The number of nitrogens with zero attached hydrogens (tertiary/aromatic N) is 1. The van der Waals surface area contributed by atoms with Crippen molar-refractivity contribution in [2.24, 2.45) is 0 Å². The van der Waals surface area contributed by atoms with E-state index >= 15 is 0 Å². The van der Waals surface area contributed by atoms with Gasteiger partial charge in [-0.05, 0) is 32.4 Å². The zero-order valence-corrected chi connectivity index (χ0v) is 13.1. The molecule has 1 N–H and O–H groups in total. The highest BCUT2D eigenvalue weighted by molar-refractivity contribution is 4.71. The van der Waals surface area contributed by atoms with Gasteiger partial charge in [-0.2, -0.15) is 0 Å².